The molecule has 0 saturated carbocycles. The fourth-order valence-electron chi connectivity index (χ4n) is 3.27. The molecule has 2 aliphatic heterocycles. The number of amides is 1. The average Bonchev–Trinajstić information content (AvgIpc) is 2.56. The zero-order valence-electron chi connectivity index (χ0n) is 13.1. The first-order valence-electron chi connectivity index (χ1n) is 8.14. The van der Waals surface area contributed by atoms with Crippen molar-refractivity contribution in [1.29, 1.82) is 0 Å². The first kappa shape index (κ1) is 15.2. The second kappa shape index (κ2) is 7.05. The van der Waals surface area contributed by atoms with E-state index in [1.54, 1.807) is 19.3 Å². The average molecular weight is 304 g/mol. The van der Waals surface area contributed by atoms with Crippen molar-refractivity contribution in [3.63, 3.8) is 0 Å². The van der Waals surface area contributed by atoms with Gasteiger partial charge in [0, 0.05) is 44.9 Å². The van der Waals surface area contributed by atoms with Gasteiger partial charge < -0.3 is 15.0 Å². The molecular formula is C16H24N4O2. The predicted octanol–water partition coefficient (Wildman–Crippen LogP) is 1.79. The molecule has 2 saturated heterocycles. The van der Waals surface area contributed by atoms with E-state index in [0.717, 1.165) is 63.5 Å². The van der Waals surface area contributed by atoms with Crippen LogP contribution >= 0.6 is 0 Å². The number of likely N-dealkylation sites (tertiary alicyclic amines) is 1. The highest BCUT2D eigenvalue weighted by Gasteiger charge is 2.26. The molecule has 1 aromatic rings. The largest absolute Gasteiger partial charge is 0.379 e. The molecule has 0 bridgehead atoms. The van der Waals surface area contributed by atoms with Crippen LogP contribution in [0.25, 0.3) is 0 Å². The summed E-state index contributed by atoms with van der Waals surface area (Å²) >= 11 is 0. The van der Waals surface area contributed by atoms with Gasteiger partial charge in [-0.15, -0.1) is 0 Å². The SMILES string of the molecule is CC(=O)N1CCC(c2nccnc2NC2CCCOC2)CC1. The summed E-state index contributed by atoms with van der Waals surface area (Å²) in [6, 6.07) is 0.321. The first-order chi connectivity index (χ1) is 10.7. The summed E-state index contributed by atoms with van der Waals surface area (Å²) in [6.07, 6.45) is 7.60. The zero-order chi connectivity index (χ0) is 15.4. The van der Waals surface area contributed by atoms with Crippen LogP contribution in [0.2, 0.25) is 0 Å². The summed E-state index contributed by atoms with van der Waals surface area (Å²) in [5.41, 5.74) is 1.04. The summed E-state index contributed by atoms with van der Waals surface area (Å²) in [5, 5.41) is 3.50. The number of carbonyl (C=O) groups is 1. The molecule has 6 nitrogen and oxygen atoms in total. The van der Waals surface area contributed by atoms with E-state index in [2.05, 4.69) is 15.3 Å². The number of nitrogens with zero attached hydrogens (tertiary/aromatic N) is 3. The molecule has 1 unspecified atom stereocenters. The molecule has 22 heavy (non-hydrogen) atoms. The number of ether oxygens (including phenoxy) is 1. The maximum Gasteiger partial charge on any atom is 0.219 e. The third-order valence-electron chi connectivity index (χ3n) is 4.55. The third kappa shape index (κ3) is 3.55. The third-order valence-corrected chi connectivity index (χ3v) is 4.55. The Bertz CT molecular complexity index is 509. The molecule has 1 aromatic heterocycles. The standard InChI is InChI=1S/C16H24N4O2/c1-12(21)20-8-4-13(5-9-20)15-16(18-7-6-17-15)19-14-3-2-10-22-11-14/h6-7,13-14H,2-5,8-11H2,1H3,(H,18,19). The molecule has 2 aliphatic rings. The topological polar surface area (TPSA) is 67.4 Å². The van der Waals surface area contributed by atoms with E-state index in [0.29, 0.717) is 12.0 Å². The summed E-state index contributed by atoms with van der Waals surface area (Å²) in [5.74, 6) is 1.42. The summed E-state index contributed by atoms with van der Waals surface area (Å²) < 4.78 is 5.53. The van der Waals surface area contributed by atoms with Gasteiger partial charge in [-0.05, 0) is 25.7 Å². The van der Waals surface area contributed by atoms with Crippen LogP contribution in [0.3, 0.4) is 0 Å². The Kier molecular flexibility index (Phi) is 4.87. The van der Waals surface area contributed by atoms with E-state index >= 15 is 0 Å². The van der Waals surface area contributed by atoms with E-state index in [9.17, 15) is 4.79 Å². The molecule has 120 valence electrons. The minimum atomic E-state index is 0.162. The number of nitrogens with one attached hydrogen (secondary N) is 1. The number of hydrogen-bond donors (Lipinski definition) is 1. The highest BCUT2D eigenvalue weighted by Crippen LogP contribution is 2.30. The van der Waals surface area contributed by atoms with Gasteiger partial charge in [-0.25, -0.2) is 4.98 Å². The number of carbonyl (C=O) groups excluding carboxylic acids is 1. The molecule has 0 spiro atoms. The lowest BCUT2D eigenvalue weighted by atomic mass is 9.93. The molecule has 1 atom stereocenters. The van der Waals surface area contributed by atoms with Crippen LogP contribution < -0.4 is 5.32 Å². The van der Waals surface area contributed by atoms with Gasteiger partial charge in [0.25, 0.3) is 0 Å². The van der Waals surface area contributed by atoms with Crippen LogP contribution in [0.1, 0.15) is 44.2 Å². The minimum absolute atomic E-state index is 0.162. The quantitative estimate of drug-likeness (QED) is 0.922. The number of anilines is 1. The lowest BCUT2D eigenvalue weighted by molar-refractivity contribution is -0.129. The second-order valence-electron chi connectivity index (χ2n) is 6.13. The maximum absolute atomic E-state index is 11.4. The van der Waals surface area contributed by atoms with E-state index in [1.165, 1.54) is 0 Å². The van der Waals surface area contributed by atoms with E-state index < -0.39 is 0 Å². The van der Waals surface area contributed by atoms with Crippen molar-refractivity contribution in [2.45, 2.75) is 44.6 Å². The van der Waals surface area contributed by atoms with E-state index in [4.69, 9.17) is 4.74 Å². The highest BCUT2D eigenvalue weighted by molar-refractivity contribution is 5.73. The Morgan fingerprint density at radius 1 is 1.27 bits per heavy atom. The van der Waals surface area contributed by atoms with Gasteiger partial charge in [-0.1, -0.05) is 0 Å². The smallest absolute Gasteiger partial charge is 0.219 e. The fourth-order valence-corrected chi connectivity index (χ4v) is 3.27. The molecular weight excluding hydrogens is 280 g/mol. The number of aromatic nitrogens is 2. The van der Waals surface area contributed by atoms with Gasteiger partial charge in [0.05, 0.1) is 18.3 Å². The van der Waals surface area contributed by atoms with Crippen molar-refractivity contribution < 1.29 is 9.53 Å². The van der Waals surface area contributed by atoms with Crippen molar-refractivity contribution in [1.82, 2.24) is 14.9 Å². The maximum atomic E-state index is 11.4. The van der Waals surface area contributed by atoms with Gasteiger partial charge in [0.1, 0.15) is 5.82 Å². The van der Waals surface area contributed by atoms with E-state index in [1.807, 2.05) is 4.90 Å². The zero-order valence-corrected chi connectivity index (χ0v) is 13.1. The normalized spacial score (nSPS) is 23.3. The Labute approximate surface area is 131 Å². The van der Waals surface area contributed by atoms with Crippen molar-refractivity contribution in [3.8, 4) is 0 Å². The molecule has 0 aromatic carbocycles. The van der Waals surface area contributed by atoms with Crippen LogP contribution in [-0.4, -0.2) is 53.1 Å². The first-order valence-corrected chi connectivity index (χ1v) is 8.14. The van der Waals surface area contributed by atoms with Gasteiger partial charge in [0.2, 0.25) is 5.91 Å². The summed E-state index contributed by atoms with van der Waals surface area (Å²) in [6.45, 7) is 4.84. The molecule has 1 amide bonds. The molecule has 0 radical (unpaired) electrons. The fraction of sp³-hybridized carbons (Fsp3) is 0.688. The monoisotopic (exact) mass is 304 g/mol. The van der Waals surface area contributed by atoms with Crippen molar-refractivity contribution >= 4 is 11.7 Å². The molecule has 3 rings (SSSR count). The second-order valence-corrected chi connectivity index (χ2v) is 6.13. The Morgan fingerprint density at radius 2 is 2.05 bits per heavy atom. The van der Waals surface area contributed by atoms with Crippen LogP contribution in [-0.2, 0) is 9.53 Å². The van der Waals surface area contributed by atoms with Crippen molar-refractivity contribution in [2.24, 2.45) is 0 Å². The van der Waals surface area contributed by atoms with Gasteiger partial charge in [-0.3, -0.25) is 9.78 Å². The van der Waals surface area contributed by atoms with Gasteiger partial charge in [-0.2, -0.15) is 0 Å². The van der Waals surface area contributed by atoms with E-state index in [-0.39, 0.29) is 5.91 Å². The minimum Gasteiger partial charge on any atom is -0.379 e. The van der Waals surface area contributed by atoms with Gasteiger partial charge in [0.15, 0.2) is 0 Å². The molecule has 3 heterocycles. The lowest BCUT2D eigenvalue weighted by Crippen LogP contribution is -2.37. The van der Waals surface area contributed by atoms with Crippen LogP contribution in [0.5, 0.6) is 0 Å². The number of hydrogen-bond acceptors (Lipinski definition) is 5. The number of piperidine rings is 1. The van der Waals surface area contributed by atoms with Crippen molar-refractivity contribution in [2.75, 3.05) is 31.6 Å². The molecule has 1 N–H and O–H groups in total. The lowest BCUT2D eigenvalue weighted by Gasteiger charge is -2.32. The summed E-state index contributed by atoms with van der Waals surface area (Å²) in [7, 11) is 0. The molecule has 2 fully saturated rings. The Morgan fingerprint density at radius 3 is 2.73 bits per heavy atom. The molecule has 0 aliphatic carbocycles. The van der Waals surface area contributed by atoms with Crippen LogP contribution in [0.4, 0.5) is 5.82 Å². The molecule has 6 heteroatoms. The van der Waals surface area contributed by atoms with Gasteiger partial charge >= 0.3 is 0 Å². The van der Waals surface area contributed by atoms with Crippen LogP contribution in [0.15, 0.2) is 12.4 Å². The number of rotatable bonds is 3. The van der Waals surface area contributed by atoms with Crippen molar-refractivity contribution in [3.05, 3.63) is 18.1 Å². The summed E-state index contributed by atoms with van der Waals surface area (Å²) in [4.78, 5) is 22.4. The Balaban J connectivity index is 1.67. The Hall–Kier alpha value is -1.69. The van der Waals surface area contributed by atoms with Crippen LogP contribution in [0, 0.1) is 0 Å². The highest BCUT2D eigenvalue weighted by atomic mass is 16.5. The predicted molar refractivity (Wildman–Crippen MR) is 83.7 cm³/mol.